The van der Waals surface area contributed by atoms with Gasteiger partial charge in [-0.3, -0.25) is 0 Å². The van der Waals surface area contributed by atoms with Gasteiger partial charge in [0.15, 0.2) is 0 Å². The number of hydrogen-bond acceptors (Lipinski definition) is 3. The van der Waals surface area contributed by atoms with Gasteiger partial charge in [-0.2, -0.15) is 0 Å². The number of para-hydroxylation sites is 2. The van der Waals surface area contributed by atoms with Crippen LogP contribution in [0.2, 0.25) is 0 Å². The maximum atomic E-state index is 6.44. The van der Waals surface area contributed by atoms with Gasteiger partial charge in [0, 0.05) is 38.6 Å². The molecule has 0 radical (unpaired) electrons. The molecule has 2 aromatic heterocycles. The summed E-state index contributed by atoms with van der Waals surface area (Å²) in [6, 6.07) is 62.1. The Labute approximate surface area is 282 Å². The van der Waals surface area contributed by atoms with Crippen molar-refractivity contribution in [2.45, 2.75) is 0 Å². The van der Waals surface area contributed by atoms with Gasteiger partial charge in [-0.15, -0.1) is 0 Å². The maximum Gasteiger partial charge on any atom is 0.136 e. The zero-order valence-corrected chi connectivity index (χ0v) is 26.5. The lowest BCUT2D eigenvalue weighted by Crippen LogP contribution is -2.10. The molecular weight excluding hydrogens is 599 g/mol. The van der Waals surface area contributed by atoms with E-state index in [2.05, 4.69) is 157 Å². The van der Waals surface area contributed by atoms with Gasteiger partial charge in [-0.1, -0.05) is 115 Å². The van der Waals surface area contributed by atoms with Crippen molar-refractivity contribution in [3.8, 4) is 22.3 Å². The third kappa shape index (κ3) is 4.51. The zero-order valence-electron chi connectivity index (χ0n) is 26.5. The van der Waals surface area contributed by atoms with Crippen LogP contribution in [0.25, 0.3) is 76.9 Å². The molecule has 0 N–H and O–H groups in total. The minimum absolute atomic E-state index is 0.878. The van der Waals surface area contributed by atoms with Gasteiger partial charge in [-0.05, 0) is 93.7 Å². The zero-order chi connectivity index (χ0) is 32.3. The smallest absolute Gasteiger partial charge is 0.136 e. The highest BCUT2D eigenvalue weighted by Gasteiger charge is 2.20. The van der Waals surface area contributed by atoms with Crippen molar-refractivity contribution in [2.24, 2.45) is 0 Å². The fourth-order valence-corrected chi connectivity index (χ4v) is 7.36. The molecule has 0 aliphatic carbocycles. The Hall–Kier alpha value is -6.58. The van der Waals surface area contributed by atoms with Crippen molar-refractivity contribution in [3.63, 3.8) is 0 Å². The number of benzene rings is 8. The van der Waals surface area contributed by atoms with Gasteiger partial charge in [-0.25, -0.2) is 0 Å². The summed E-state index contributed by atoms with van der Waals surface area (Å²) >= 11 is 0. The Kier molecular flexibility index (Phi) is 6.18. The van der Waals surface area contributed by atoms with Crippen LogP contribution in [0.4, 0.5) is 17.1 Å². The fourth-order valence-electron chi connectivity index (χ4n) is 7.36. The monoisotopic (exact) mass is 627 g/mol. The molecule has 0 bridgehead atoms. The lowest BCUT2D eigenvalue weighted by Gasteiger charge is -2.26. The van der Waals surface area contributed by atoms with Crippen LogP contribution in [0.5, 0.6) is 0 Å². The molecule has 0 amide bonds. The number of nitrogens with zero attached hydrogens (tertiary/aromatic N) is 1. The SMILES string of the molecule is c1ccc(-c2ccc(N(c3ccc4c(c3)c(-c3ccccc3)cc3oc5ccccc5c34)c3ccc4oc5ccccc5c4c3)cc2)cc1. The number of furan rings is 2. The highest BCUT2D eigenvalue weighted by atomic mass is 16.3. The van der Waals surface area contributed by atoms with Gasteiger partial charge in [0.2, 0.25) is 0 Å². The van der Waals surface area contributed by atoms with E-state index in [1.165, 1.54) is 21.9 Å². The second kappa shape index (κ2) is 11.0. The van der Waals surface area contributed by atoms with Crippen LogP contribution in [0.15, 0.2) is 185 Å². The largest absolute Gasteiger partial charge is 0.456 e. The predicted molar refractivity (Wildman–Crippen MR) is 204 cm³/mol. The minimum Gasteiger partial charge on any atom is -0.456 e. The Morgan fingerprint density at radius 1 is 0.306 bits per heavy atom. The third-order valence-corrected chi connectivity index (χ3v) is 9.65. The van der Waals surface area contributed by atoms with Crippen molar-refractivity contribution in [1.82, 2.24) is 0 Å². The molecule has 2 heterocycles. The van der Waals surface area contributed by atoms with E-state index in [-0.39, 0.29) is 0 Å². The van der Waals surface area contributed by atoms with Crippen molar-refractivity contribution >= 4 is 71.7 Å². The standard InChI is InChI=1S/C46H29NO2/c1-3-11-30(12-4-1)31-19-21-33(22-20-31)47(35-24-26-44-41(28-35)36-15-7-9-17-42(36)48-44)34-23-25-37-40(27-34)39(32-13-5-2-6-14-32)29-45-46(37)38-16-8-10-18-43(38)49-45/h1-29H. The Morgan fingerprint density at radius 3 is 1.59 bits per heavy atom. The topological polar surface area (TPSA) is 29.5 Å². The summed E-state index contributed by atoms with van der Waals surface area (Å²) in [5, 5.41) is 6.81. The van der Waals surface area contributed by atoms with Gasteiger partial charge in [0.25, 0.3) is 0 Å². The van der Waals surface area contributed by atoms with E-state index in [0.29, 0.717) is 0 Å². The summed E-state index contributed by atoms with van der Waals surface area (Å²) in [4.78, 5) is 2.35. The fraction of sp³-hybridized carbons (Fsp3) is 0. The summed E-state index contributed by atoms with van der Waals surface area (Å²) in [5.41, 5.74) is 11.4. The van der Waals surface area contributed by atoms with Crippen molar-refractivity contribution in [3.05, 3.63) is 176 Å². The van der Waals surface area contributed by atoms with E-state index in [4.69, 9.17) is 8.83 Å². The summed E-state index contributed by atoms with van der Waals surface area (Å²) in [5.74, 6) is 0. The third-order valence-electron chi connectivity index (χ3n) is 9.65. The first-order valence-corrected chi connectivity index (χ1v) is 16.6. The molecule has 10 aromatic rings. The quantitative estimate of drug-likeness (QED) is 0.190. The van der Waals surface area contributed by atoms with E-state index >= 15 is 0 Å². The normalized spacial score (nSPS) is 11.7. The highest BCUT2D eigenvalue weighted by molar-refractivity contribution is 6.22. The van der Waals surface area contributed by atoms with E-state index in [0.717, 1.165) is 72.1 Å². The molecule has 0 aliphatic heterocycles. The Balaban J connectivity index is 1.23. The molecule has 0 saturated carbocycles. The van der Waals surface area contributed by atoms with Crippen molar-refractivity contribution < 1.29 is 8.83 Å². The minimum atomic E-state index is 0.878. The molecule has 0 spiro atoms. The molecular formula is C46H29NO2. The molecule has 3 heteroatoms. The number of rotatable bonds is 5. The average Bonchev–Trinajstić information content (AvgIpc) is 3.74. The molecule has 0 unspecified atom stereocenters. The second-order valence-corrected chi connectivity index (χ2v) is 12.5. The average molecular weight is 628 g/mol. The van der Waals surface area contributed by atoms with E-state index in [1.807, 2.05) is 24.3 Å². The second-order valence-electron chi connectivity index (χ2n) is 12.5. The molecule has 8 aromatic carbocycles. The van der Waals surface area contributed by atoms with Gasteiger partial charge in [0.05, 0.1) is 0 Å². The molecule has 49 heavy (non-hydrogen) atoms. The first-order chi connectivity index (χ1) is 24.3. The maximum absolute atomic E-state index is 6.44. The predicted octanol–water partition coefficient (Wildman–Crippen LogP) is 13.4. The van der Waals surface area contributed by atoms with Gasteiger partial charge < -0.3 is 13.7 Å². The van der Waals surface area contributed by atoms with Crippen molar-refractivity contribution in [1.29, 1.82) is 0 Å². The van der Waals surface area contributed by atoms with Crippen LogP contribution in [0.1, 0.15) is 0 Å². The molecule has 10 rings (SSSR count). The van der Waals surface area contributed by atoms with Crippen LogP contribution in [-0.2, 0) is 0 Å². The van der Waals surface area contributed by atoms with Crippen LogP contribution in [0.3, 0.4) is 0 Å². The molecule has 3 nitrogen and oxygen atoms in total. The van der Waals surface area contributed by atoms with Gasteiger partial charge in [0.1, 0.15) is 22.3 Å². The number of fused-ring (bicyclic) bond motifs is 8. The number of anilines is 3. The molecule has 0 atom stereocenters. The number of hydrogen-bond donors (Lipinski definition) is 0. The lowest BCUT2D eigenvalue weighted by molar-refractivity contribution is 0.668. The first kappa shape index (κ1) is 27.5. The molecule has 230 valence electrons. The van der Waals surface area contributed by atoms with Crippen molar-refractivity contribution in [2.75, 3.05) is 4.90 Å². The van der Waals surface area contributed by atoms with Gasteiger partial charge >= 0.3 is 0 Å². The Morgan fingerprint density at radius 2 is 0.837 bits per heavy atom. The van der Waals surface area contributed by atoms with Crippen LogP contribution >= 0.6 is 0 Å². The molecule has 0 saturated heterocycles. The first-order valence-electron chi connectivity index (χ1n) is 16.6. The van der Waals surface area contributed by atoms with Crippen LogP contribution < -0.4 is 4.90 Å². The summed E-state index contributed by atoms with van der Waals surface area (Å²) in [7, 11) is 0. The lowest BCUT2D eigenvalue weighted by atomic mass is 9.94. The Bertz CT molecular complexity index is 2810. The molecule has 0 aliphatic rings. The van der Waals surface area contributed by atoms with E-state index in [9.17, 15) is 0 Å². The molecule has 0 fully saturated rings. The summed E-state index contributed by atoms with van der Waals surface area (Å²) in [6.45, 7) is 0. The van der Waals surface area contributed by atoms with E-state index < -0.39 is 0 Å². The van der Waals surface area contributed by atoms with Crippen LogP contribution in [-0.4, -0.2) is 0 Å². The van der Waals surface area contributed by atoms with E-state index in [1.54, 1.807) is 0 Å². The highest BCUT2D eigenvalue weighted by Crippen LogP contribution is 2.44. The summed E-state index contributed by atoms with van der Waals surface area (Å²) in [6.07, 6.45) is 0. The van der Waals surface area contributed by atoms with Crippen LogP contribution in [0, 0.1) is 0 Å². The summed E-state index contributed by atoms with van der Waals surface area (Å²) < 4.78 is 12.7.